The lowest BCUT2D eigenvalue weighted by Crippen LogP contribution is -2.34. The van der Waals surface area contributed by atoms with Crippen molar-refractivity contribution in [1.29, 1.82) is 0 Å². The van der Waals surface area contributed by atoms with Gasteiger partial charge in [0.05, 0.1) is 10.6 Å². The average molecular weight is 379 g/mol. The molecule has 0 spiro atoms. The summed E-state index contributed by atoms with van der Waals surface area (Å²) in [7, 11) is -3.97. The monoisotopic (exact) mass is 377 g/mol. The fourth-order valence-corrected chi connectivity index (χ4v) is 3.96. The molecule has 2 aromatic rings. The molecule has 0 aromatic heterocycles. The minimum absolute atomic E-state index is 0.0315. The Labute approximate surface area is 143 Å². The molecule has 0 aliphatic rings. The molecular weight excluding hydrogens is 369 g/mol. The summed E-state index contributed by atoms with van der Waals surface area (Å²) in [4.78, 5) is 11.3. The highest BCUT2D eigenvalue weighted by atomic mass is 35.5. The number of halogens is 3. The number of anilines is 1. The van der Waals surface area contributed by atoms with Crippen molar-refractivity contribution in [2.24, 2.45) is 0 Å². The molecule has 0 aliphatic carbocycles. The first-order valence-electron chi connectivity index (χ1n) is 6.03. The van der Waals surface area contributed by atoms with Gasteiger partial charge >= 0.3 is 0 Å². The summed E-state index contributed by atoms with van der Waals surface area (Å²) in [6.07, 6.45) is 0. The number of carbonyl (C=O) groups is 1. The maximum Gasteiger partial charge on any atom is 0.264 e. The minimum atomic E-state index is -3.97. The average Bonchev–Trinajstić information content (AvgIpc) is 2.44. The first kappa shape index (κ1) is 17.1. The molecule has 0 saturated heterocycles. The third-order valence-electron chi connectivity index (χ3n) is 2.73. The number of hydrogen-bond acceptors (Lipinski definition) is 3. The summed E-state index contributed by atoms with van der Waals surface area (Å²) in [5.74, 6) is 0. The Morgan fingerprint density at radius 3 is 2.05 bits per heavy atom. The van der Waals surface area contributed by atoms with Crippen molar-refractivity contribution in [3.8, 4) is 0 Å². The zero-order chi connectivity index (χ0) is 16.3. The third kappa shape index (κ3) is 3.93. The van der Waals surface area contributed by atoms with E-state index in [1.807, 2.05) is 0 Å². The molecule has 4 nitrogen and oxygen atoms in total. The van der Waals surface area contributed by atoms with Crippen LogP contribution in [0.2, 0.25) is 10.0 Å². The molecule has 0 unspecified atom stereocenters. The SMILES string of the molecule is O=C(Cl)CN(c1cc(Cl)cc(Cl)c1)S(=O)(=O)c1ccccc1. The highest BCUT2D eigenvalue weighted by Crippen LogP contribution is 2.29. The van der Waals surface area contributed by atoms with Gasteiger partial charge in [-0.05, 0) is 41.9 Å². The Kier molecular flexibility index (Phi) is 5.34. The summed E-state index contributed by atoms with van der Waals surface area (Å²) in [5.41, 5.74) is 0.162. The Morgan fingerprint density at radius 1 is 1.00 bits per heavy atom. The second-order valence-corrected chi connectivity index (χ2v) is 7.46. The lowest BCUT2D eigenvalue weighted by Gasteiger charge is -2.23. The Balaban J connectivity index is 2.58. The topological polar surface area (TPSA) is 54.5 Å². The maximum atomic E-state index is 12.7. The van der Waals surface area contributed by atoms with Gasteiger partial charge in [0, 0.05) is 10.0 Å². The molecule has 0 heterocycles. The molecule has 116 valence electrons. The lowest BCUT2D eigenvalue weighted by atomic mass is 10.3. The number of rotatable bonds is 5. The molecule has 0 bridgehead atoms. The molecule has 2 aromatic carbocycles. The standard InChI is InChI=1S/C14H10Cl3NO3S/c15-10-6-11(16)8-12(7-10)18(9-14(17)19)22(20,21)13-4-2-1-3-5-13/h1-8H,9H2. The maximum absolute atomic E-state index is 12.7. The van der Waals surface area contributed by atoms with E-state index in [2.05, 4.69) is 0 Å². The van der Waals surface area contributed by atoms with Crippen LogP contribution in [0.15, 0.2) is 53.4 Å². The van der Waals surface area contributed by atoms with Crippen LogP contribution in [0.3, 0.4) is 0 Å². The summed E-state index contributed by atoms with van der Waals surface area (Å²) in [6.45, 7) is -0.532. The number of sulfonamides is 1. The van der Waals surface area contributed by atoms with Crippen LogP contribution in [0.25, 0.3) is 0 Å². The van der Waals surface area contributed by atoms with Crippen LogP contribution in [0.1, 0.15) is 0 Å². The van der Waals surface area contributed by atoms with E-state index in [9.17, 15) is 13.2 Å². The number of carbonyl (C=O) groups excluding carboxylic acids is 1. The molecule has 0 saturated carbocycles. The van der Waals surface area contributed by atoms with Gasteiger partial charge in [-0.1, -0.05) is 41.4 Å². The second kappa shape index (κ2) is 6.87. The van der Waals surface area contributed by atoms with Gasteiger partial charge in [0.15, 0.2) is 0 Å². The van der Waals surface area contributed by atoms with Crippen LogP contribution in [0.5, 0.6) is 0 Å². The molecule has 0 atom stereocenters. The second-order valence-electron chi connectivity index (χ2n) is 4.31. The van der Waals surface area contributed by atoms with Crippen molar-refractivity contribution in [2.45, 2.75) is 4.90 Å². The minimum Gasteiger partial charge on any atom is -0.279 e. The Morgan fingerprint density at radius 2 is 1.55 bits per heavy atom. The van der Waals surface area contributed by atoms with Crippen LogP contribution < -0.4 is 4.31 Å². The summed E-state index contributed by atoms with van der Waals surface area (Å²) >= 11 is 17.2. The van der Waals surface area contributed by atoms with Crippen molar-refractivity contribution in [3.05, 3.63) is 58.6 Å². The van der Waals surface area contributed by atoms with E-state index in [0.29, 0.717) is 0 Å². The molecule has 22 heavy (non-hydrogen) atoms. The van der Waals surface area contributed by atoms with Gasteiger partial charge in [-0.25, -0.2) is 8.42 Å². The Bertz CT molecular complexity index is 774. The van der Waals surface area contributed by atoms with E-state index in [1.165, 1.54) is 30.3 Å². The van der Waals surface area contributed by atoms with Crippen molar-refractivity contribution in [3.63, 3.8) is 0 Å². The molecule has 0 aliphatic heterocycles. The van der Waals surface area contributed by atoms with Gasteiger partial charge in [0.25, 0.3) is 10.0 Å². The van der Waals surface area contributed by atoms with Gasteiger partial charge in [0.2, 0.25) is 5.24 Å². The molecular formula is C14H10Cl3NO3S. The molecule has 2 rings (SSSR count). The Hall–Kier alpha value is -1.27. The summed E-state index contributed by atoms with van der Waals surface area (Å²) in [6, 6.07) is 12.0. The van der Waals surface area contributed by atoms with Crippen molar-refractivity contribution in [2.75, 3.05) is 10.8 Å². The fraction of sp³-hybridized carbons (Fsp3) is 0.0714. The van der Waals surface area contributed by atoms with E-state index >= 15 is 0 Å². The number of benzene rings is 2. The summed E-state index contributed by atoms with van der Waals surface area (Å²) in [5, 5.41) is -0.328. The normalized spacial score (nSPS) is 11.2. The quantitative estimate of drug-likeness (QED) is 0.740. The molecule has 0 fully saturated rings. The van der Waals surface area contributed by atoms with E-state index < -0.39 is 21.8 Å². The van der Waals surface area contributed by atoms with Gasteiger partial charge < -0.3 is 0 Å². The van der Waals surface area contributed by atoms with Crippen LogP contribution in [0.4, 0.5) is 5.69 Å². The van der Waals surface area contributed by atoms with E-state index in [-0.39, 0.29) is 20.6 Å². The van der Waals surface area contributed by atoms with E-state index in [0.717, 1.165) is 4.31 Å². The van der Waals surface area contributed by atoms with Crippen LogP contribution >= 0.6 is 34.8 Å². The van der Waals surface area contributed by atoms with Gasteiger partial charge in [0.1, 0.15) is 6.54 Å². The van der Waals surface area contributed by atoms with Crippen LogP contribution in [-0.2, 0) is 14.8 Å². The van der Waals surface area contributed by atoms with Gasteiger partial charge in [-0.15, -0.1) is 0 Å². The molecule has 0 N–H and O–H groups in total. The largest absolute Gasteiger partial charge is 0.279 e. The number of nitrogens with zero attached hydrogens (tertiary/aromatic N) is 1. The van der Waals surface area contributed by atoms with Gasteiger partial charge in [-0.3, -0.25) is 9.10 Å². The zero-order valence-electron chi connectivity index (χ0n) is 11.0. The van der Waals surface area contributed by atoms with Crippen molar-refractivity contribution >= 4 is 55.8 Å². The highest BCUT2D eigenvalue weighted by Gasteiger charge is 2.27. The highest BCUT2D eigenvalue weighted by molar-refractivity contribution is 7.92. The molecule has 0 amide bonds. The third-order valence-corrected chi connectivity index (χ3v) is 5.08. The van der Waals surface area contributed by atoms with Crippen LogP contribution in [0, 0.1) is 0 Å². The smallest absolute Gasteiger partial charge is 0.264 e. The fourth-order valence-electron chi connectivity index (χ4n) is 1.83. The predicted molar refractivity (Wildman–Crippen MR) is 88.3 cm³/mol. The van der Waals surface area contributed by atoms with Gasteiger partial charge in [-0.2, -0.15) is 0 Å². The first-order valence-corrected chi connectivity index (χ1v) is 8.60. The van der Waals surface area contributed by atoms with Crippen molar-refractivity contribution < 1.29 is 13.2 Å². The number of hydrogen-bond donors (Lipinski definition) is 0. The molecule has 0 radical (unpaired) electrons. The molecule has 8 heteroatoms. The zero-order valence-corrected chi connectivity index (χ0v) is 14.1. The predicted octanol–water partition coefficient (Wildman–Crippen LogP) is 3.95. The van der Waals surface area contributed by atoms with Crippen LogP contribution in [-0.4, -0.2) is 20.2 Å². The lowest BCUT2D eigenvalue weighted by molar-refractivity contribution is -0.110. The summed E-state index contributed by atoms with van der Waals surface area (Å²) < 4.78 is 26.3. The first-order chi connectivity index (χ1) is 10.3. The van der Waals surface area contributed by atoms with E-state index in [4.69, 9.17) is 34.8 Å². The van der Waals surface area contributed by atoms with Crippen molar-refractivity contribution in [1.82, 2.24) is 0 Å². The van der Waals surface area contributed by atoms with E-state index in [1.54, 1.807) is 18.2 Å².